The standard InChI is InChI=1S/C18H13BrO4S/c19-13-4-3-5-15(12-13)23-14-8-10-16(11-9-14)24(21,22)18-7-2-1-6-17(18)20/h1-12,20H. The molecule has 0 amide bonds. The first-order valence-electron chi connectivity index (χ1n) is 7.03. The number of ether oxygens (including phenoxy) is 1. The van der Waals surface area contributed by atoms with Gasteiger partial charge in [0, 0.05) is 4.47 Å². The maximum Gasteiger partial charge on any atom is 0.210 e. The molecule has 0 heterocycles. The van der Waals surface area contributed by atoms with Crippen molar-refractivity contribution in [3.8, 4) is 17.2 Å². The van der Waals surface area contributed by atoms with Gasteiger partial charge in [0.2, 0.25) is 9.84 Å². The van der Waals surface area contributed by atoms with Crippen LogP contribution in [0.15, 0.2) is 87.1 Å². The van der Waals surface area contributed by atoms with E-state index in [4.69, 9.17) is 4.74 Å². The zero-order valence-electron chi connectivity index (χ0n) is 12.4. The first kappa shape index (κ1) is 16.5. The number of benzene rings is 3. The quantitative estimate of drug-likeness (QED) is 0.679. The zero-order valence-corrected chi connectivity index (χ0v) is 14.8. The Morgan fingerprint density at radius 2 is 1.54 bits per heavy atom. The second-order valence-electron chi connectivity index (χ2n) is 5.00. The fraction of sp³-hybridized carbons (Fsp3) is 0. The van der Waals surface area contributed by atoms with Gasteiger partial charge in [-0.05, 0) is 54.6 Å². The van der Waals surface area contributed by atoms with Gasteiger partial charge < -0.3 is 9.84 Å². The van der Waals surface area contributed by atoms with Crippen LogP contribution in [0.4, 0.5) is 0 Å². The highest BCUT2D eigenvalue weighted by Crippen LogP contribution is 2.30. The van der Waals surface area contributed by atoms with E-state index in [2.05, 4.69) is 15.9 Å². The smallest absolute Gasteiger partial charge is 0.210 e. The molecule has 0 bridgehead atoms. The van der Waals surface area contributed by atoms with Gasteiger partial charge in [0.1, 0.15) is 22.1 Å². The lowest BCUT2D eigenvalue weighted by Crippen LogP contribution is -2.02. The molecular weight excluding hydrogens is 392 g/mol. The van der Waals surface area contributed by atoms with Crippen molar-refractivity contribution in [1.82, 2.24) is 0 Å². The number of para-hydroxylation sites is 1. The number of halogens is 1. The van der Waals surface area contributed by atoms with Crippen LogP contribution in [0.5, 0.6) is 17.2 Å². The van der Waals surface area contributed by atoms with Gasteiger partial charge in [0.25, 0.3) is 0 Å². The van der Waals surface area contributed by atoms with Gasteiger partial charge in [-0.2, -0.15) is 0 Å². The van der Waals surface area contributed by atoms with E-state index in [-0.39, 0.29) is 15.5 Å². The third kappa shape index (κ3) is 3.44. The lowest BCUT2D eigenvalue weighted by atomic mass is 10.3. The van der Waals surface area contributed by atoms with Crippen molar-refractivity contribution in [1.29, 1.82) is 0 Å². The molecule has 3 aromatic rings. The van der Waals surface area contributed by atoms with Crippen molar-refractivity contribution >= 4 is 25.8 Å². The van der Waals surface area contributed by atoms with Crippen molar-refractivity contribution < 1.29 is 18.3 Å². The minimum Gasteiger partial charge on any atom is -0.507 e. The van der Waals surface area contributed by atoms with E-state index in [9.17, 15) is 13.5 Å². The van der Waals surface area contributed by atoms with Gasteiger partial charge in [0.05, 0.1) is 4.90 Å². The zero-order chi connectivity index (χ0) is 17.2. The van der Waals surface area contributed by atoms with E-state index in [0.717, 1.165) is 4.47 Å². The normalized spacial score (nSPS) is 11.2. The molecule has 3 aromatic carbocycles. The monoisotopic (exact) mass is 404 g/mol. The van der Waals surface area contributed by atoms with Crippen LogP contribution in [0.1, 0.15) is 0 Å². The first-order chi connectivity index (χ1) is 11.5. The molecule has 0 aliphatic rings. The van der Waals surface area contributed by atoms with Crippen LogP contribution in [-0.2, 0) is 9.84 Å². The van der Waals surface area contributed by atoms with Crippen LogP contribution in [0, 0.1) is 0 Å². The summed E-state index contributed by atoms with van der Waals surface area (Å²) in [6.45, 7) is 0. The molecule has 0 aromatic heterocycles. The Balaban J connectivity index is 1.88. The summed E-state index contributed by atoms with van der Waals surface area (Å²) in [4.78, 5) is -0.0312. The maximum atomic E-state index is 12.6. The predicted octanol–water partition coefficient (Wildman–Crippen LogP) is 4.78. The minimum atomic E-state index is -3.78. The Kier molecular flexibility index (Phi) is 4.59. The average Bonchev–Trinajstić information content (AvgIpc) is 2.55. The molecule has 1 N–H and O–H groups in total. The molecule has 0 spiro atoms. The van der Waals surface area contributed by atoms with E-state index >= 15 is 0 Å². The van der Waals surface area contributed by atoms with E-state index in [0.29, 0.717) is 11.5 Å². The maximum absolute atomic E-state index is 12.6. The summed E-state index contributed by atoms with van der Waals surface area (Å²) in [7, 11) is -3.78. The fourth-order valence-corrected chi connectivity index (χ4v) is 3.89. The highest BCUT2D eigenvalue weighted by molar-refractivity contribution is 9.10. The van der Waals surface area contributed by atoms with Crippen molar-refractivity contribution in [3.05, 3.63) is 77.3 Å². The summed E-state index contributed by atoms with van der Waals surface area (Å²) in [6, 6.07) is 19.3. The van der Waals surface area contributed by atoms with E-state index in [1.165, 1.54) is 24.3 Å². The molecule has 0 unspecified atom stereocenters. The van der Waals surface area contributed by atoms with Gasteiger partial charge in [-0.15, -0.1) is 0 Å². The average molecular weight is 405 g/mol. The van der Waals surface area contributed by atoms with E-state index in [1.807, 2.05) is 18.2 Å². The van der Waals surface area contributed by atoms with Crippen LogP contribution in [0.25, 0.3) is 0 Å². The summed E-state index contributed by atoms with van der Waals surface area (Å²) < 4.78 is 31.7. The second kappa shape index (κ2) is 6.67. The number of sulfone groups is 1. The highest BCUT2D eigenvalue weighted by atomic mass is 79.9. The topological polar surface area (TPSA) is 63.6 Å². The highest BCUT2D eigenvalue weighted by Gasteiger charge is 2.20. The minimum absolute atomic E-state index is 0.0885. The van der Waals surface area contributed by atoms with Crippen molar-refractivity contribution in [2.45, 2.75) is 9.79 Å². The van der Waals surface area contributed by atoms with Crippen LogP contribution in [0.3, 0.4) is 0 Å². The van der Waals surface area contributed by atoms with Crippen LogP contribution in [-0.4, -0.2) is 13.5 Å². The molecule has 0 radical (unpaired) electrons. The number of rotatable bonds is 4. The van der Waals surface area contributed by atoms with Crippen LogP contribution < -0.4 is 4.74 Å². The largest absolute Gasteiger partial charge is 0.507 e. The molecule has 24 heavy (non-hydrogen) atoms. The van der Waals surface area contributed by atoms with Gasteiger partial charge in [-0.25, -0.2) is 8.42 Å². The van der Waals surface area contributed by atoms with Gasteiger partial charge >= 0.3 is 0 Å². The lowest BCUT2D eigenvalue weighted by molar-refractivity contribution is 0.459. The lowest BCUT2D eigenvalue weighted by Gasteiger charge is -2.09. The van der Waals surface area contributed by atoms with E-state index in [1.54, 1.807) is 30.3 Å². The fourth-order valence-electron chi connectivity index (χ4n) is 2.16. The third-order valence-electron chi connectivity index (χ3n) is 3.32. The van der Waals surface area contributed by atoms with E-state index < -0.39 is 9.84 Å². The number of phenolic OH excluding ortho intramolecular Hbond substituents is 1. The number of hydrogen-bond acceptors (Lipinski definition) is 4. The molecule has 0 saturated heterocycles. The summed E-state index contributed by atoms with van der Waals surface area (Å²) in [5.41, 5.74) is 0. The van der Waals surface area contributed by atoms with Crippen LogP contribution >= 0.6 is 15.9 Å². The third-order valence-corrected chi connectivity index (χ3v) is 5.63. The molecule has 0 fully saturated rings. The molecule has 4 nitrogen and oxygen atoms in total. The number of aromatic hydroxyl groups is 1. The molecule has 0 saturated carbocycles. The SMILES string of the molecule is O=S(=O)(c1ccc(Oc2cccc(Br)c2)cc1)c1ccccc1O. The van der Waals surface area contributed by atoms with Crippen molar-refractivity contribution in [3.63, 3.8) is 0 Å². The Labute approximate surface area is 148 Å². The Hall–Kier alpha value is -2.31. The Morgan fingerprint density at radius 3 is 2.21 bits per heavy atom. The number of phenols is 1. The Morgan fingerprint density at radius 1 is 0.833 bits per heavy atom. The molecule has 3 rings (SSSR count). The molecule has 0 aliphatic heterocycles. The van der Waals surface area contributed by atoms with Crippen molar-refractivity contribution in [2.75, 3.05) is 0 Å². The molecule has 0 aliphatic carbocycles. The van der Waals surface area contributed by atoms with Crippen LogP contribution in [0.2, 0.25) is 0 Å². The van der Waals surface area contributed by atoms with Gasteiger partial charge in [-0.3, -0.25) is 0 Å². The molecule has 122 valence electrons. The molecule has 0 atom stereocenters. The van der Waals surface area contributed by atoms with Gasteiger partial charge in [0.15, 0.2) is 0 Å². The molecule has 6 heteroatoms. The summed E-state index contributed by atoms with van der Waals surface area (Å²) in [5, 5.41) is 9.77. The Bertz CT molecular complexity index is 966. The summed E-state index contributed by atoms with van der Waals surface area (Å²) in [6.07, 6.45) is 0. The second-order valence-corrected chi connectivity index (χ2v) is 7.84. The summed E-state index contributed by atoms with van der Waals surface area (Å²) in [5.74, 6) is 0.886. The van der Waals surface area contributed by atoms with Gasteiger partial charge in [-0.1, -0.05) is 34.1 Å². The first-order valence-corrected chi connectivity index (χ1v) is 9.31. The predicted molar refractivity (Wildman–Crippen MR) is 94.2 cm³/mol. The van der Waals surface area contributed by atoms with Crippen molar-refractivity contribution in [2.24, 2.45) is 0 Å². The molecular formula is C18H13BrO4S. The summed E-state index contributed by atoms with van der Waals surface area (Å²) >= 11 is 3.36. The number of hydrogen-bond donors (Lipinski definition) is 1.